The van der Waals surface area contributed by atoms with Crippen molar-refractivity contribution in [3.8, 4) is 11.1 Å². The molecular weight excluding hydrogens is 729 g/mol. The summed E-state index contributed by atoms with van der Waals surface area (Å²) in [6.07, 6.45) is 5.51. The monoisotopic (exact) mass is 780 g/mol. The van der Waals surface area contributed by atoms with Crippen molar-refractivity contribution in [2.75, 3.05) is 23.0 Å². The maximum Gasteiger partial charge on any atom is 0.330 e. The lowest BCUT2D eigenvalue weighted by Gasteiger charge is -2.29. The Morgan fingerprint density at radius 2 is 0.831 bits per heavy atom. The number of esters is 2. The summed E-state index contributed by atoms with van der Waals surface area (Å²) >= 11 is 0. The zero-order valence-electron chi connectivity index (χ0n) is 34.5. The Morgan fingerprint density at radius 1 is 0.508 bits per heavy atom. The van der Waals surface area contributed by atoms with E-state index in [2.05, 4.69) is 184 Å². The second-order valence-corrected chi connectivity index (χ2v) is 15.7. The van der Waals surface area contributed by atoms with Gasteiger partial charge in [0.2, 0.25) is 0 Å². The lowest BCUT2D eigenvalue weighted by Crippen LogP contribution is -2.17. The molecule has 0 spiro atoms. The van der Waals surface area contributed by atoms with Crippen molar-refractivity contribution in [2.45, 2.75) is 58.8 Å². The van der Waals surface area contributed by atoms with Crippen LogP contribution in [0.3, 0.4) is 0 Å². The third kappa shape index (κ3) is 9.08. The zero-order chi connectivity index (χ0) is 41.5. The topological polar surface area (TPSA) is 59.1 Å². The van der Waals surface area contributed by atoms with Crippen LogP contribution < -0.4 is 9.80 Å². The van der Waals surface area contributed by atoms with Crippen LogP contribution >= 0.6 is 0 Å². The highest BCUT2D eigenvalue weighted by Gasteiger charge is 2.37. The first-order chi connectivity index (χ1) is 28.5. The number of ether oxygens (including phenoxy) is 2. The standard InChI is InChI=1S/C53H52N2O4/c1-7-51(56)58-33-9-11-39-17-25-43(26-18-39)54(41-21-13-37(3)14-22-41)45-29-31-47-48-32-30-46(36-50(48)53(5,6)49(47)35-45)55(42-23-15-38(4)16-24-42)44-27-19-40(20-28-44)12-10-34-59-52(57)8-2/h7-8,13-32,35-36H,1-2,9-12,33-34H2,3-6H3. The van der Waals surface area contributed by atoms with Crippen molar-refractivity contribution in [1.82, 2.24) is 0 Å². The fraction of sp³-hybridized carbons (Fsp3) is 0.208. The van der Waals surface area contributed by atoms with E-state index < -0.39 is 0 Å². The average Bonchev–Trinajstić information content (AvgIpc) is 3.48. The molecule has 1 aliphatic rings. The number of hydrogen-bond acceptors (Lipinski definition) is 6. The lowest BCUT2D eigenvalue weighted by molar-refractivity contribution is -0.138. The van der Waals surface area contributed by atoms with Crippen molar-refractivity contribution in [3.63, 3.8) is 0 Å². The van der Waals surface area contributed by atoms with Crippen LogP contribution in [0.1, 0.15) is 60.1 Å². The van der Waals surface area contributed by atoms with E-state index in [1.54, 1.807) is 0 Å². The molecule has 6 heteroatoms. The number of carbonyl (C=O) groups is 2. The highest BCUT2D eigenvalue weighted by atomic mass is 16.5. The second-order valence-electron chi connectivity index (χ2n) is 15.7. The van der Waals surface area contributed by atoms with E-state index in [1.807, 2.05) is 0 Å². The van der Waals surface area contributed by atoms with Gasteiger partial charge in [0, 0.05) is 51.7 Å². The predicted molar refractivity (Wildman–Crippen MR) is 242 cm³/mol. The number of benzene rings is 6. The van der Waals surface area contributed by atoms with Crippen LogP contribution in [0.15, 0.2) is 159 Å². The molecule has 59 heavy (non-hydrogen) atoms. The molecule has 1 aliphatic carbocycles. The van der Waals surface area contributed by atoms with Crippen molar-refractivity contribution in [2.24, 2.45) is 0 Å². The quantitative estimate of drug-likeness (QED) is 0.0554. The van der Waals surface area contributed by atoms with E-state index in [0.717, 1.165) is 59.8 Å². The Bertz CT molecular complexity index is 2270. The first kappa shape index (κ1) is 40.5. The molecule has 0 atom stereocenters. The molecule has 0 heterocycles. The summed E-state index contributed by atoms with van der Waals surface area (Å²) in [5.41, 5.74) is 16.1. The molecule has 6 aromatic rings. The Labute approximate surface area is 349 Å². The minimum absolute atomic E-state index is 0.271. The Balaban J connectivity index is 1.19. The van der Waals surface area contributed by atoms with Crippen LogP contribution in [-0.4, -0.2) is 25.2 Å². The molecule has 0 aromatic heterocycles. The molecule has 0 unspecified atom stereocenters. The Kier molecular flexibility index (Phi) is 12.3. The van der Waals surface area contributed by atoms with Gasteiger partial charge in [-0.15, -0.1) is 0 Å². The second kappa shape index (κ2) is 17.9. The normalized spacial score (nSPS) is 12.2. The molecule has 7 rings (SSSR count). The van der Waals surface area contributed by atoms with Crippen LogP contribution in [0.4, 0.5) is 34.1 Å². The maximum absolute atomic E-state index is 11.5. The smallest absolute Gasteiger partial charge is 0.330 e. The number of carbonyl (C=O) groups excluding carboxylic acids is 2. The molecule has 0 radical (unpaired) electrons. The molecule has 0 aliphatic heterocycles. The summed E-state index contributed by atoms with van der Waals surface area (Å²) in [4.78, 5) is 27.6. The highest BCUT2D eigenvalue weighted by molar-refractivity contribution is 5.88. The van der Waals surface area contributed by atoms with Gasteiger partial charge >= 0.3 is 11.9 Å². The summed E-state index contributed by atoms with van der Waals surface area (Å²) < 4.78 is 10.4. The van der Waals surface area contributed by atoms with E-state index in [1.165, 1.54) is 56.7 Å². The van der Waals surface area contributed by atoms with E-state index in [-0.39, 0.29) is 17.4 Å². The Morgan fingerprint density at radius 3 is 1.17 bits per heavy atom. The lowest BCUT2D eigenvalue weighted by atomic mass is 9.82. The number of hydrogen-bond donors (Lipinski definition) is 0. The van der Waals surface area contributed by atoms with E-state index in [0.29, 0.717) is 13.2 Å². The van der Waals surface area contributed by atoms with Gasteiger partial charge in [0.15, 0.2) is 0 Å². The maximum atomic E-state index is 11.5. The van der Waals surface area contributed by atoms with Gasteiger partial charge in [0.1, 0.15) is 0 Å². The number of rotatable bonds is 16. The molecular formula is C53H52N2O4. The Hall–Kier alpha value is -6.66. The first-order valence-corrected chi connectivity index (χ1v) is 20.3. The van der Waals surface area contributed by atoms with Gasteiger partial charge in [-0.25, -0.2) is 9.59 Å². The van der Waals surface area contributed by atoms with Crippen molar-refractivity contribution in [3.05, 3.63) is 192 Å². The van der Waals surface area contributed by atoms with Gasteiger partial charge < -0.3 is 19.3 Å². The summed E-state index contributed by atoms with van der Waals surface area (Å²) in [7, 11) is 0. The minimum Gasteiger partial charge on any atom is -0.463 e. The van der Waals surface area contributed by atoms with Crippen LogP contribution in [0, 0.1) is 13.8 Å². The van der Waals surface area contributed by atoms with E-state index >= 15 is 0 Å². The number of fused-ring (bicyclic) bond motifs is 3. The number of anilines is 6. The molecule has 6 aromatic carbocycles. The molecule has 0 fully saturated rings. The molecule has 0 saturated carbocycles. The van der Waals surface area contributed by atoms with Gasteiger partial charge in [-0.05, 0) is 146 Å². The number of aryl methyl sites for hydroxylation is 4. The van der Waals surface area contributed by atoms with Crippen molar-refractivity contribution < 1.29 is 19.1 Å². The van der Waals surface area contributed by atoms with Gasteiger partial charge in [-0.3, -0.25) is 0 Å². The van der Waals surface area contributed by atoms with Gasteiger partial charge in [0.05, 0.1) is 13.2 Å². The molecule has 0 amide bonds. The fourth-order valence-corrected chi connectivity index (χ4v) is 7.91. The highest BCUT2D eigenvalue weighted by Crippen LogP contribution is 2.52. The van der Waals surface area contributed by atoms with Crippen LogP contribution in [0.2, 0.25) is 0 Å². The fourth-order valence-electron chi connectivity index (χ4n) is 7.91. The van der Waals surface area contributed by atoms with Crippen LogP contribution in [0.5, 0.6) is 0 Å². The van der Waals surface area contributed by atoms with Crippen molar-refractivity contribution in [1.29, 1.82) is 0 Å². The van der Waals surface area contributed by atoms with Gasteiger partial charge in [-0.2, -0.15) is 0 Å². The largest absolute Gasteiger partial charge is 0.463 e. The van der Waals surface area contributed by atoms with Crippen molar-refractivity contribution >= 4 is 46.1 Å². The SMILES string of the molecule is C=CC(=O)OCCCc1ccc(N(c2ccc(C)cc2)c2ccc3c(c2)C(C)(C)c2cc(N(c4ccc(C)cc4)c4ccc(CCCOC(=O)C=C)cc4)ccc2-3)cc1. The summed E-state index contributed by atoms with van der Waals surface area (Å²) in [5, 5.41) is 0. The molecule has 298 valence electrons. The van der Waals surface area contributed by atoms with Gasteiger partial charge in [-0.1, -0.05) is 98.8 Å². The first-order valence-electron chi connectivity index (χ1n) is 20.3. The van der Waals surface area contributed by atoms with E-state index in [4.69, 9.17) is 9.47 Å². The molecule has 0 bridgehead atoms. The van der Waals surface area contributed by atoms with Crippen LogP contribution in [-0.2, 0) is 37.3 Å². The molecule has 0 saturated heterocycles. The third-order valence-corrected chi connectivity index (χ3v) is 11.2. The van der Waals surface area contributed by atoms with Crippen LogP contribution in [0.25, 0.3) is 11.1 Å². The zero-order valence-corrected chi connectivity index (χ0v) is 34.5. The van der Waals surface area contributed by atoms with Gasteiger partial charge in [0.25, 0.3) is 0 Å². The molecule has 6 nitrogen and oxygen atoms in total. The average molecular weight is 781 g/mol. The summed E-state index contributed by atoms with van der Waals surface area (Å²) in [6.45, 7) is 16.6. The minimum atomic E-state index is -0.388. The summed E-state index contributed by atoms with van der Waals surface area (Å²) in [6, 6.07) is 48.5. The number of nitrogens with zero attached hydrogens (tertiary/aromatic N) is 2. The predicted octanol–water partition coefficient (Wildman–Crippen LogP) is 12.9. The summed E-state index contributed by atoms with van der Waals surface area (Å²) in [5.74, 6) is -0.776. The third-order valence-electron chi connectivity index (χ3n) is 11.2. The molecule has 0 N–H and O–H groups in total. The van der Waals surface area contributed by atoms with E-state index in [9.17, 15) is 9.59 Å².